The second kappa shape index (κ2) is 3.78. The SMILES string of the molecule is OCc1ncoc1-c1c(F)cccc1F. The third kappa shape index (κ3) is 1.61. The van der Waals surface area contributed by atoms with Crippen molar-refractivity contribution in [1.29, 1.82) is 0 Å². The van der Waals surface area contributed by atoms with Crippen LogP contribution in [0.25, 0.3) is 11.3 Å². The standard InChI is InChI=1S/C10H7F2NO2/c11-6-2-1-3-7(12)9(6)10-8(4-14)13-5-15-10/h1-3,5,14H,4H2. The summed E-state index contributed by atoms with van der Waals surface area (Å²) in [6.45, 7) is -0.431. The first-order valence-electron chi connectivity index (χ1n) is 4.21. The largest absolute Gasteiger partial charge is 0.443 e. The molecular formula is C10H7F2NO2. The van der Waals surface area contributed by atoms with E-state index in [1.54, 1.807) is 0 Å². The fraction of sp³-hybridized carbons (Fsp3) is 0.100. The van der Waals surface area contributed by atoms with Gasteiger partial charge in [-0.25, -0.2) is 13.8 Å². The third-order valence-corrected chi connectivity index (χ3v) is 1.98. The summed E-state index contributed by atoms with van der Waals surface area (Å²) in [5.41, 5.74) is -0.196. The van der Waals surface area contributed by atoms with Crippen LogP contribution in [0.3, 0.4) is 0 Å². The Morgan fingerprint density at radius 2 is 1.93 bits per heavy atom. The van der Waals surface area contributed by atoms with Gasteiger partial charge in [-0.2, -0.15) is 0 Å². The Balaban J connectivity index is 2.63. The average Bonchev–Trinajstić information content (AvgIpc) is 2.65. The summed E-state index contributed by atoms with van der Waals surface area (Å²) in [7, 11) is 0. The van der Waals surface area contributed by atoms with Crippen molar-refractivity contribution >= 4 is 0 Å². The van der Waals surface area contributed by atoms with Gasteiger partial charge in [0.25, 0.3) is 0 Å². The van der Waals surface area contributed by atoms with Gasteiger partial charge in [0.1, 0.15) is 17.3 Å². The van der Waals surface area contributed by atoms with Crippen molar-refractivity contribution < 1.29 is 18.3 Å². The van der Waals surface area contributed by atoms with E-state index in [0.29, 0.717) is 0 Å². The fourth-order valence-corrected chi connectivity index (χ4v) is 1.30. The number of aromatic nitrogens is 1. The molecule has 0 unspecified atom stereocenters. The van der Waals surface area contributed by atoms with Crippen molar-refractivity contribution in [3.05, 3.63) is 41.9 Å². The zero-order valence-corrected chi connectivity index (χ0v) is 7.58. The van der Waals surface area contributed by atoms with E-state index in [-0.39, 0.29) is 17.0 Å². The quantitative estimate of drug-likeness (QED) is 0.827. The van der Waals surface area contributed by atoms with Gasteiger partial charge in [-0.15, -0.1) is 0 Å². The molecule has 0 fully saturated rings. The maximum Gasteiger partial charge on any atom is 0.181 e. The molecule has 0 saturated carbocycles. The van der Waals surface area contributed by atoms with Gasteiger partial charge < -0.3 is 9.52 Å². The predicted octanol–water partition coefficient (Wildman–Crippen LogP) is 2.11. The van der Waals surface area contributed by atoms with Crippen LogP contribution in [0.15, 0.2) is 29.0 Å². The first kappa shape index (κ1) is 9.79. The number of halogens is 2. The van der Waals surface area contributed by atoms with Crippen LogP contribution in [-0.2, 0) is 6.61 Å². The van der Waals surface area contributed by atoms with Crippen LogP contribution >= 0.6 is 0 Å². The van der Waals surface area contributed by atoms with Crippen molar-refractivity contribution in [3.63, 3.8) is 0 Å². The number of oxazole rings is 1. The normalized spacial score (nSPS) is 10.6. The van der Waals surface area contributed by atoms with Gasteiger partial charge in [0.2, 0.25) is 0 Å². The van der Waals surface area contributed by atoms with Crippen LogP contribution in [-0.4, -0.2) is 10.1 Å². The van der Waals surface area contributed by atoms with Gasteiger partial charge >= 0.3 is 0 Å². The third-order valence-electron chi connectivity index (χ3n) is 1.98. The lowest BCUT2D eigenvalue weighted by Gasteiger charge is -2.01. The van der Waals surface area contributed by atoms with E-state index in [0.717, 1.165) is 18.5 Å². The van der Waals surface area contributed by atoms with E-state index in [1.807, 2.05) is 0 Å². The minimum atomic E-state index is -0.749. The first-order chi connectivity index (χ1) is 7.24. The fourth-order valence-electron chi connectivity index (χ4n) is 1.30. The molecule has 3 nitrogen and oxygen atoms in total. The second-order valence-electron chi connectivity index (χ2n) is 2.88. The predicted molar refractivity (Wildman–Crippen MR) is 47.8 cm³/mol. The Hall–Kier alpha value is -1.75. The minimum Gasteiger partial charge on any atom is -0.443 e. The van der Waals surface area contributed by atoms with Crippen molar-refractivity contribution in [2.75, 3.05) is 0 Å². The molecule has 0 saturated heterocycles. The maximum absolute atomic E-state index is 13.3. The number of hydrogen-bond acceptors (Lipinski definition) is 3. The van der Waals surface area contributed by atoms with Crippen LogP contribution in [0.4, 0.5) is 8.78 Å². The summed E-state index contributed by atoms with van der Waals surface area (Å²) in [6, 6.07) is 3.48. The molecule has 0 aliphatic carbocycles. The maximum atomic E-state index is 13.3. The molecule has 0 atom stereocenters. The number of hydrogen-bond donors (Lipinski definition) is 1. The van der Waals surface area contributed by atoms with Gasteiger partial charge in [-0.05, 0) is 12.1 Å². The summed E-state index contributed by atoms with van der Waals surface area (Å²) >= 11 is 0. The first-order valence-corrected chi connectivity index (χ1v) is 4.21. The van der Waals surface area contributed by atoms with Gasteiger partial charge in [0, 0.05) is 0 Å². The highest BCUT2D eigenvalue weighted by Gasteiger charge is 2.18. The highest BCUT2D eigenvalue weighted by Crippen LogP contribution is 2.28. The molecule has 1 N–H and O–H groups in total. The highest BCUT2D eigenvalue weighted by atomic mass is 19.1. The Kier molecular flexibility index (Phi) is 2.47. The molecule has 1 aromatic heterocycles. The van der Waals surface area contributed by atoms with Crippen LogP contribution < -0.4 is 0 Å². The number of nitrogens with zero attached hydrogens (tertiary/aromatic N) is 1. The van der Waals surface area contributed by atoms with Gasteiger partial charge in [0.15, 0.2) is 12.2 Å². The highest BCUT2D eigenvalue weighted by molar-refractivity contribution is 5.61. The van der Waals surface area contributed by atoms with E-state index < -0.39 is 18.2 Å². The Morgan fingerprint density at radius 3 is 2.53 bits per heavy atom. The van der Waals surface area contributed by atoms with Gasteiger partial charge in [-0.3, -0.25) is 0 Å². The molecule has 1 aromatic carbocycles. The lowest BCUT2D eigenvalue weighted by Crippen LogP contribution is -1.93. The molecule has 0 aliphatic heterocycles. The van der Waals surface area contributed by atoms with Crippen molar-refractivity contribution in [2.24, 2.45) is 0 Å². The van der Waals surface area contributed by atoms with Crippen LogP contribution in [0.5, 0.6) is 0 Å². The minimum absolute atomic E-state index is 0.0758. The van der Waals surface area contributed by atoms with Gasteiger partial charge in [-0.1, -0.05) is 6.07 Å². The van der Waals surface area contributed by atoms with E-state index in [9.17, 15) is 8.78 Å². The molecule has 2 rings (SSSR count). The smallest absolute Gasteiger partial charge is 0.181 e. The lowest BCUT2D eigenvalue weighted by molar-refractivity contribution is 0.277. The number of aliphatic hydroxyl groups excluding tert-OH is 1. The molecule has 5 heteroatoms. The topological polar surface area (TPSA) is 46.3 Å². The zero-order chi connectivity index (χ0) is 10.8. The number of aliphatic hydroxyl groups is 1. The molecule has 2 aromatic rings. The van der Waals surface area contributed by atoms with Crippen LogP contribution in [0, 0.1) is 11.6 Å². The number of rotatable bonds is 2. The van der Waals surface area contributed by atoms with Crippen molar-refractivity contribution in [2.45, 2.75) is 6.61 Å². The Labute approximate surface area is 84.0 Å². The van der Waals surface area contributed by atoms with E-state index in [2.05, 4.69) is 4.98 Å². The molecule has 1 heterocycles. The van der Waals surface area contributed by atoms with Crippen LogP contribution in [0.1, 0.15) is 5.69 Å². The van der Waals surface area contributed by atoms with Crippen LogP contribution in [0.2, 0.25) is 0 Å². The molecule has 15 heavy (non-hydrogen) atoms. The lowest BCUT2D eigenvalue weighted by atomic mass is 10.1. The molecule has 0 spiro atoms. The molecule has 0 amide bonds. The summed E-state index contributed by atoms with van der Waals surface area (Å²) in [6.07, 6.45) is 1.03. The molecule has 78 valence electrons. The summed E-state index contributed by atoms with van der Waals surface area (Å²) in [4.78, 5) is 3.64. The second-order valence-corrected chi connectivity index (χ2v) is 2.88. The summed E-state index contributed by atoms with van der Waals surface area (Å²) in [5, 5.41) is 8.88. The van der Waals surface area contributed by atoms with Crippen molar-refractivity contribution in [3.8, 4) is 11.3 Å². The van der Waals surface area contributed by atoms with E-state index in [1.165, 1.54) is 6.07 Å². The average molecular weight is 211 g/mol. The Bertz CT molecular complexity index is 462. The van der Waals surface area contributed by atoms with E-state index in [4.69, 9.17) is 9.52 Å². The van der Waals surface area contributed by atoms with E-state index >= 15 is 0 Å². The molecule has 0 radical (unpaired) electrons. The summed E-state index contributed by atoms with van der Waals surface area (Å²) < 4.78 is 31.5. The molecular weight excluding hydrogens is 204 g/mol. The monoisotopic (exact) mass is 211 g/mol. The van der Waals surface area contributed by atoms with Gasteiger partial charge in [0.05, 0.1) is 12.2 Å². The Morgan fingerprint density at radius 1 is 1.27 bits per heavy atom. The molecule has 0 bridgehead atoms. The number of benzene rings is 1. The van der Waals surface area contributed by atoms with Crippen molar-refractivity contribution in [1.82, 2.24) is 4.98 Å². The zero-order valence-electron chi connectivity index (χ0n) is 7.58. The molecule has 0 aliphatic rings. The summed E-state index contributed by atoms with van der Waals surface area (Å²) in [5.74, 6) is -1.57.